The number of esters is 1. The maximum atomic E-state index is 12.1. The Hall–Kier alpha value is -3.15. The van der Waals surface area contributed by atoms with Gasteiger partial charge in [0.1, 0.15) is 6.10 Å². The van der Waals surface area contributed by atoms with Gasteiger partial charge in [-0.25, -0.2) is 4.79 Å². The monoisotopic (exact) mass is 310 g/mol. The van der Waals surface area contributed by atoms with Crippen molar-refractivity contribution < 1.29 is 19.1 Å². The lowest BCUT2D eigenvalue weighted by Gasteiger charge is -2.11. The molecule has 3 rings (SSSR count). The number of rotatable bonds is 4. The summed E-state index contributed by atoms with van der Waals surface area (Å²) in [6.07, 6.45) is -0.596. The van der Waals surface area contributed by atoms with Crippen LogP contribution in [0.5, 0.6) is 0 Å². The summed E-state index contributed by atoms with van der Waals surface area (Å²) >= 11 is 0. The molecule has 0 unspecified atom stereocenters. The molecular formula is C17H14N2O4. The standard InChI is InChI=1S/C17H14N2O4/c18-16(21)10-4-3-5-11(8-10)19-15(20)9-14-12-6-1-2-7-13(12)17(22)23-14/h1-8,14H,9H2,(H2,18,21)(H,19,20)/t14-/m0/s1. The van der Waals surface area contributed by atoms with Crippen molar-refractivity contribution in [3.05, 3.63) is 65.2 Å². The second-order valence-corrected chi connectivity index (χ2v) is 5.18. The number of fused-ring (bicyclic) bond motifs is 1. The fraction of sp³-hybridized carbons (Fsp3) is 0.118. The Morgan fingerprint density at radius 1 is 1.13 bits per heavy atom. The molecule has 0 fully saturated rings. The summed E-state index contributed by atoms with van der Waals surface area (Å²) in [5, 5.41) is 2.67. The van der Waals surface area contributed by atoms with Crippen molar-refractivity contribution in [1.29, 1.82) is 0 Å². The summed E-state index contributed by atoms with van der Waals surface area (Å²) in [6.45, 7) is 0. The third-order valence-electron chi connectivity index (χ3n) is 3.58. The van der Waals surface area contributed by atoms with E-state index in [1.165, 1.54) is 6.07 Å². The fourth-order valence-electron chi connectivity index (χ4n) is 2.50. The molecule has 0 saturated carbocycles. The zero-order valence-electron chi connectivity index (χ0n) is 12.1. The van der Waals surface area contributed by atoms with E-state index in [-0.39, 0.29) is 12.3 Å². The van der Waals surface area contributed by atoms with E-state index in [9.17, 15) is 14.4 Å². The maximum Gasteiger partial charge on any atom is 0.339 e. The van der Waals surface area contributed by atoms with Crippen LogP contribution >= 0.6 is 0 Å². The molecule has 116 valence electrons. The third-order valence-corrected chi connectivity index (χ3v) is 3.58. The Morgan fingerprint density at radius 3 is 2.70 bits per heavy atom. The van der Waals surface area contributed by atoms with Gasteiger partial charge in [-0.15, -0.1) is 0 Å². The third kappa shape index (κ3) is 3.06. The van der Waals surface area contributed by atoms with Crippen LogP contribution < -0.4 is 11.1 Å². The molecule has 0 saturated heterocycles. The van der Waals surface area contributed by atoms with Gasteiger partial charge in [0, 0.05) is 16.8 Å². The Kier molecular flexibility index (Phi) is 3.80. The van der Waals surface area contributed by atoms with E-state index < -0.39 is 18.0 Å². The highest BCUT2D eigenvalue weighted by Gasteiger charge is 2.31. The topological polar surface area (TPSA) is 98.5 Å². The van der Waals surface area contributed by atoms with Crippen LogP contribution in [0.25, 0.3) is 0 Å². The Labute approximate surface area is 132 Å². The van der Waals surface area contributed by atoms with Crippen LogP contribution in [0, 0.1) is 0 Å². The lowest BCUT2D eigenvalue weighted by atomic mass is 10.0. The molecule has 2 amide bonds. The van der Waals surface area contributed by atoms with Gasteiger partial charge >= 0.3 is 5.97 Å². The predicted molar refractivity (Wildman–Crippen MR) is 82.8 cm³/mol. The number of hydrogen-bond acceptors (Lipinski definition) is 4. The summed E-state index contributed by atoms with van der Waals surface area (Å²) in [7, 11) is 0. The van der Waals surface area contributed by atoms with E-state index in [1.54, 1.807) is 42.5 Å². The van der Waals surface area contributed by atoms with Crippen molar-refractivity contribution in [2.45, 2.75) is 12.5 Å². The normalized spacial score (nSPS) is 15.7. The average Bonchev–Trinajstić information content (AvgIpc) is 2.84. The van der Waals surface area contributed by atoms with Gasteiger partial charge in [-0.05, 0) is 24.3 Å². The second kappa shape index (κ2) is 5.92. The summed E-state index contributed by atoms with van der Waals surface area (Å²) in [6, 6.07) is 13.3. The van der Waals surface area contributed by atoms with E-state index in [4.69, 9.17) is 10.5 Å². The first kappa shape index (κ1) is 14.8. The number of anilines is 1. The molecule has 6 nitrogen and oxygen atoms in total. The molecule has 0 bridgehead atoms. The van der Waals surface area contributed by atoms with Crippen molar-refractivity contribution in [2.75, 3.05) is 5.32 Å². The molecular weight excluding hydrogens is 296 g/mol. The van der Waals surface area contributed by atoms with Gasteiger partial charge in [0.15, 0.2) is 0 Å². The molecule has 3 N–H and O–H groups in total. The van der Waals surface area contributed by atoms with Gasteiger partial charge in [0.05, 0.1) is 12.0 Å². The average molecular weight is 310 g/mol. The molecule has 0 aliphatic carbocycles. The largest absolute Gasteiger partial charge is 0.453 e. The Morgan fingerprint density at radius 2 is 1.91 bits per heavy atom. The van der Waals surface area contributed by atoms with Crippen LogP contribution in [-0.4, -0.2) is 17.8 Å². The van der Waals surface area contributed by atoms with Crippen LogP contribution in [0.2, 0.25) is 0 Å². The number of benzene rings is 2. The number of hydrogen-bond donors (Lipinski definition) is 2. The number of primary amides is 1. The van der Waals surface area contributed by atoms with Crippen molar-refractivity contribution in [1.82, 2.24) is 0 Å². The van der Waals surface area contributed by atoms with Crippen molar-refractivity contribution in [2.24, 2.45) is 5.73 Å². The molecule has 23 heavy (non-hydrogen) atoms. The summed E-state index contributed by atoms with van der Waals surface area (Å²) < 4.78 is 5.23. The summed E-state index contributed by atoms with van der Waals surface area (Å²) in [4.78, 5) is 35.0. The Bertz CT molecular complexity index is 801. The molecule has 6 heteroatoms. The van der Waals surface area contributed by atoms with E-state index in [1.807, 2.05) is 0 Å². The van der Waals surface area contributed by atoms with Crippen molar-refractivity contribution >= 4 is 23.5 Å². The predicted octanol–water partition coefficient (Wildman–Crippen LogP) is 2.03. The quantitative estimate of drug-likeness (QED) is 0.844. The first-order valence-electron chi connectivity index (χ1n) is 7.04. The van der Waals surface area contributed by atoms with E-state index in [2.05, 4.69) is 5.32 Å². The Balaban J connectivity index is 1.70. The molecule has 2 aromatic carbocycles. The lowest BCUT2D eigenvalue weighted by Crippen LogP contribution is -2.17. The van der Waals surface area contributed by atoms with E-state index in [0.717, 1.165) is 0 Å². The van der Waals surface area contributed by atoms with Crippen LogP contribution in [0.15, 0.2) is 48.5 Å². The highest BCUT2D eigenvalue weighted by Crippen LogP contribution is 2.32. The molecule has 2 aromatic rings. The number of nitrogens with two attached hydrogens (primary N) is 1. The minimum atomic E-state index is -0.599. The van der Waals surface area contributed by atoms with Crippen molar-refractivity contribution in [3.63, 3.8) is 0 Å². The summed E-state index contributed by atoms with van der Waals surface area (Å²) in [5.74, 6) is -1.31. The minimum Gasteiger partial charge on any atom is -0.453 e. The minimum absolute atomic E-state index is 0.00352. The zero-order valence-corrected chi connectivity index (χ0v) is 12.1. The number of carbonyl (C=O) groups excluding carboxylic acids is 3. The first-order valence-corrected chi connectivity index (χ1v) is 7.04. The zero-order chi connectivity index (χ0) is 16.4. The van der Waals surface area contributed by atoms with E-state index in [0.29, 0.717) is 22.4 Å². The molecule has 1 aliphatic heterocycles. The molecule has 1 aliphatic rings. The highest BCUT2D eigenvalue weighted by atomic mass is 16.5. The number of carbonyl (C=O) groups is 3. The SMILES string of the molecule is NC(=O)c1cccc(NC(=O)C[C@@H]2OC(=O)c3ccccc32)c1. The molecule has 1 atom stereocenters. The molecule has 0 aromatic heterocycles. The maximum absolute atomic E-state index is 12.1. The van der Waals surface area contributed by atoms with Crippen LogP contribution in [0.4, 0.5) is 5.69 Å². The van der Waals surface area contributed by atoms with Gasteiger partial charge in [-0.3, -0.25) is 9.59 Å². The van der Waals surface area contributed by atoms with Crippen LogP contribution in [0.3, 0.4) is 0 Å². The number of ether oxygens (including phenoxy) is 1. The molecule has 0 spiro atoms. The van der Waals surface area contributed by atoms with Gasteiger partial charge < -0.3 is 15.8 Å². The van der Waals surface area contributed by atoms with Gasteiger partial charge in [0.25, 0.3) is 0 Å². The fourth-order valence-corrected chi connectivity index (χ4v) is 2.50. The van der Waals surface area contributed by atoms with Gasteiger partial charge in [-0.1, -0.05) is 24.3 Å². The van der Waals surface area contributed by atoms with Crippen LogP contribution in [-0.2, 0) is 9.53 Å². The number of cyclic esters (lactones) is 1. The van der Waals surface area contributed by atoms with Crippen molar-refractivity contribution in [3.8, 4) is 0 Å². The van der Waals surface area contributed by atoms with Gasteiger partial charge in [-0.2, -0.15) is 0 Å². The molecule has 1 heterocycles. The first-order chi connectivity index (χ1) is 11.0. The molecule has 0 radical (unpaired) electrons. The lowest BCUT2D eigenvalue weighted by molar-refractivity contribution is -0.118. The second-order valence-electron chi connectivity index (χ2n) is 5.18. The highest BCUT2D eigenvalue weighted by molar-refractivity contribution is 5.98. The van der Waals surface area contributed by atoms with E-state index >= 15 is 0 Å². The summed E-state index contributed by atoms with van der Waals surface area (Å²) in [5.41, 5.74) is 7.17. The number of amides is 2. The van der Waals surface area contributed by atoms with Crippen LogP contribution in [0.1, 0.15) is 38.8 Å². The number of nitrogens with one attached hydrogen (secondary N) is 1. The smallest absolute Gasteiger partial charge is 0.339 e. The van der Waals surface area contributed by atoms with Gasteiger partial charge in [0.2, 0.25) is 11.8 Å².